The molecule has 2 heterocycles. The first-order valence-corrected chi connectivity index (χ1v) is 6.41. The van der Waals surface area contributed by atoms with Gasteiger partial charge >= 0.3 is 6.18 Å². The van der Waals surface area contributed by atoms with Crippen LogP contribution in [0.25, 0.3) is 16.8 Å². The molecule has 0 fully saturated rings. The number of rotatable bonds is 2. The number of aryl methyl sites for hydroxylation is 1. The van der Waals surface area contributed by atoms with Gasteiger partial charge in [-0.1, -0.05) is 30.3 Å². The number of anilines is 1. The normalized spacial score (nSPS) is 11.9. The standard InChI is InChI=1S/C14H12F3N5/c1-8-7-10(20-18)22-13(19-8)11(9-5-3-2-4-6-9)12(21-22)14(15,16)17/h2-7,20H,18H2,1H3. The molecule has 3 aromatic rings. The quantitative estimate of drug-likeness (QED) is 0.564. The van der Waals surface area contributed by atoms with Gasteiger partial charge in [-0.2, -0.15) is 22.8 Å². The molecule has 0 unspecified atom stereocenters. The van der Waals surface area contributed by atoms with Gasteiger partial charge in [0.05, 0.1) is 5.56 Å². The summed E-state index contributed by atoms with van der Waals surface area (Å²) in [5, 5.41) is 3.66. The Morgan fingerprint density at radius 1 is 1.18 bits per heavy atom. The van der Waals surface area contributed by atoms with Crippen molar-refractivity contribution in [2.75, 3.05) is 5.43 Å². The van der Waals surface area contributed by atoms with Crippen LogP contribution in [0.3, 0.4) is 0 Å². The topological polar surface area (TPSA) is 68.2 Å². The maximum atomic E-state index is 13.4. The Kier molecular flexibility index (Phi) is 3.25. The average Bonchev–Trinajstić information content (AvgIpc) is 2.86. The van der Waals surface area contributed by atoms with Crippen molar-refractivity contribution in [3.8, 4) is 11.1 Å². The molecule has 0 aliphatic carbocycles. The second kappa shape index (κ2) is 4.99. The summed E-state index contributed by atoms with van der Waals surface area (Å²) < 4.78 is 41.1. The Bertz CT molecular complexity index is 824. The number of hydrazine groups is 1. The van der Waals surface area contributed by atoms with Crippen LogP contribution in [0.2, 0.25) is 0 Å². The summed E-state index contributed by atoms with van der Waals surface area (Å²) in [5.74, 6) is 5.60. The SMILES string of the molecule is Cc1cc(NN)n2nc(C(F)(F)F)c(-c3ccccc3)c2n1. The fourth-order valence-electron chi connectivity index (χ4n) is 2.31. The fourth-order valence-corrected chi connectivity index (χ4v) is 2.31. The lowest BCUT2D eigenvalue weighted by atomic mass is 10.1. The average molecular weight is 307 g/mol. The van der Waals surface area contributed by atoms with Crippen LogP contribution < -0.4 is 11.3 Å². The van der Waals surface area contributed by atoms with Crippen molar-refractivity contribution in [1.82, 2.24) is 14.6 Å². The highest BCUT2D eigenvalue weighted by Crippen LogP contribution is 2.39. The molecule has 1 aromatic carbocycles. The highest BCUT2D eigenvalue weighted by Gasteiger charge is 2.39. The van der Waals surface area contributed by atoms with E-state index in [4.69, 9.17) is 5.84 Å². The van der Waals surface area contributed by atoms with Gasteiger partial charge in [0.1, 0.15) is 5.82 Å². The van der Waals surface area contributed by atoms with Crippen molar-refractivity contribution in [1.29, 1.82) is 0 Å². The van der Waals surface area contributed by atoms with Crippen LogP contribution >= 0.6 is 0 Å². The van der Waals surface area contributed by atoms with Gasteiger partial charge in [-0.3, -0.25) is 0 Å². The molecule has 0 radical (unpaired) electrons. The van der Waals surface area contributed by atoms with Crippen molar-refractivity contribution in [3.05, 3.63) is 47.8 Å². The van der Waals surface area contributed by atoms with E-state index in [1.54, 1.807) is 37.3 Å². The van der Waals surface area contributed by atoms with Crippen molar-refractivity contribution in [3.63, 3.8) is 0 Å². The highest BCUT2D eigenvalue weighted by atomic mass is 19.4. The lowest BCUT2D eigenvalue weighted by Gasteiger charge is -2.06. The molecule has 0 spiro atoms. The van der Waals surface area contributed by atoms with Gasteiger partial charge in [-0.05, 0) is 12.5 Å². The van der Waals surface area contributed by atoms with Crippen LogP contribution in [0.15, 0.2) is 36.4 Å². The predicted molar refractivity (Wildman–Crippen MR) is 76.0 cm³/mol. The first kappa shape index (κ1) is 14.3. The third-order valence-electron chi connectivity index (χ3n) is 3.20. The first-order chi connectivity index (χ1) is 10.4. The summed E-state index contributed by atoms with van der Waals surface area (Å²) in [5.41, 5.74) is 2.32. The second-order valence-electron chi connectivity index (χ2n) is 4.75. The first-order valence-electron chi connectivity index (χ1n) is 6.41. The van der Waals surface area contributed by atoms with Crippen LogP contribution in [0.4, 0.5) is 19.0 Å². The van der Waals surface area contributed by atoms with Gasteiger partial charge in [0.25, 0.3) is 0 Å². The number of hydrogen-bond donors (Lipinski definition) is 2. The van der Waals surface area contributed by atoms with Gasteiger partial charge in [-0.25, -0.2) is 10.8 Å². The van der Waals surface area contributed by atoms with Crippen molar-refractivity contribution >= 4 is 11.5 Å². The molecule has 0 bridgehead atoms. The maximum absolute atomic E-state index is 13.4. The maximum Gasteiger partial charge on any atom is 0.435 e. The van der Waals surface area contributed by atoms with E-state index in [-0.39, 0.29) is 17.0 Å². The number of halogens is 3. The molecule has 0 amide bonds. The van der Waals surface area contributed by atoms with Crippen LogP contribution in [-0.2, 0) is 6.18 Å². The molecule has 2 aromatic heterocycles. The zero-order chi connectivity index (χ0) is 15.9. The Hall–Kier alpha value is -2.61. The van der Waals surface area contributed by atoms with Gasteiger partial charge in [0, 0.05) is 11.8 Å². The summed E-state index contributed by atoms with van der Waals surface area (Å²) in [6.07, 6.45) is -4.60. The van der Waals surface area contributed by atoms with E-state index < -0.39 is 11.9 Å². The number of nitrogens with one attached hydrogen (secondary N) is 1. The van der Waals surface area contributed by atoms with E-state index in [1.165, 1.54) is 6.07 Å². The van der Waals surface area contributed by atoms with Crippen LogP contribution in [0.5, 0.6) is 0 Å². The number of nitrogens with zero attached hydrogens (tertiary/aromatic N) is 3. The summed E-state index contributed by atoms with van der Waals surface area (Å²) in [4.78, 5) is 4.20. The van der Waals surface area contributed by atoms with Crippen molar-refractivity contribution < 1.29 is 13.2 Å². The smallest absolute Gasteiger partial charge is 0.308 e. The Balaban J connectivity index is 2.44. The molecule has 22 heavy (non-hydrogen) atoms. The van der Waals surface area contributed by atoms with E-state index >= 15 is 0 Å². The third-order valence-corrected chi connectivity index (χ3v) is 3.20. The fraction of sp³-hybridized carbons (Fsp3) is 0.143. The Morgan fingerprint density at radius 3 is 2.45 bits per heavy atom. The molecular weight excluding hydrogens is 295 g/mol. The third kappa shape index (κ3) is 2.27. The van der Waals surface area contributed by atoms with Crippen LogP contribution in [0, 0.1) is 6.92 Å². The lowest BCUT2D eigenvalue weighted by Crippen LogP contribution is -2.13. The zero-order valence-corrected chi connectivity index (χ0v) is 11.5. The van der Waals surface area contributed by atoms with Gasteiger partial charge < -0.3 is 5.43 Å². The van der Waals surface area contributed by atoms with Crippen molar-refractivity contribution in [2.45, 2.75) is 13.1 Å². The van der Waals surface area contributed by atoms with Crippen LogP contribution in [-0.4, -0.2) is 14.6 Å². The van der Waals surface area contributed by atoms with Gasteiger partial charge in [-0.15, -0.1) is 0 Å². The Morgan fingerprint density at radius 2 is 1.86 bits per heavy atom. The number of aromatic nitrogens is 3. The van der Waals surface area contributed by atoms with E-state index in [1.807, 2.05) is 0 Å². The molecule has 3 rings (SSSR count). The number of alkyl halides is 3. The molecule has 0 atom stereocenters. The molecule has 114 valence electrons. The molecule has 0 saturated heterocycles. The summed E-state index contributed by atoms with van der Waals surface area (Å²) >= 11 is 0. The molecule has 0 aliphatic heterocycles. The number of fused-ring (bicyclic) bond motifs is 1. The minimum atomic E-state index is -4.60. The predicted octanol–water partition coefficient (Wildman–Crippen LogP) is 3.01. The summed E-state index contributed by atoms with van der Waals surface area (Å²) in [6, 6.07) is 9.76. The molecule has 5 nitrogen and oxygen atoms in total. The molecule has 0 saturated carbocycles. The Labute approximate surface area is 123 Å². The number of benzene rings is 1. The molecule has 3 N–H and O–H groups in total. The summed E-state index contributed by atoms with van der Waals surface area (Å²) in [6.45, 7) is 1.68. The molecular formula is C14H12F3N5. The van der Waals surface area contributed by atoms with Gasteiger partial charge in [0.2, 0.25) is 0 Å². The van der Waals surface area contributed by atoms with E-state index in [2.05, 4.69) is 15.5 Å². The minimum Gasteiger partial charge on any atom is -0.308 e. The largest absolute Gasteiger partial charge is 0.435 e. The number of hydrogen-bond acceptors (Lipinski definition) is 4. The van der Waals surface area contributed by atoms with Crippen molar-refractivity contribution in [2.24, 2.45) is 5.84 Å². The van der Waals surface area contributed by atoms with Gasteiger partial charge in [0.15, 0.2) is 11.3 Å². The minimum absolute atomic E-state index is 0.0618. The number of nitrogen functional groups attached to an aromatic ring is 1. The molecule has 0 aliphatic rings. The van der Waals surface area contributed by atoms with Crippen LogP contribution in [0.1, 0.15) is 11.4 Å². The number of nitrogens with two attached hydrogens (primary N) is 1. The highest BCUT2D eigenvalue weighted by molar-refractivity contribution is 5.81. The second-order valence-corrected chi connectivity index (χ2v) is 4.75. The lowest BCUT2D eigenvalue weighted by molar-refractivity contribution is -0.140. The van der Waals surface area contributed by atoms with E-state index in [9.17, 15) is 13.2 Å². The van der Waals surface area contributed by atoms with E-state index in [0.29, 0.717) is 11.3 Å². The molecule has 8 heteroatoms. The van der Waals surface area contributed by atoms with E-state index in [0.717, 1.165) is 4.52 Å². The zero-order valence-electron chi connectivity index (χ0n) is 11.5. The monoisotopic (exact) mass is 307 g/mol. The summed E-state index contributed by atoms with van der Waals surface area (Å²) in [7, 11) is 0.